The second kappa shape index (κ2) is 6.53. The van der Waals surface area contributed by atoms with Crippen molar-refractivity contribution in [2.24, 2.45) is 0 Å². The Balaban J connectivity index is 2.60. The smallest absolute Gasteiger partial charge is 0.342 e. The first-order valence-electron chi connectivity index (χ1n) is 6.19. The van der Waals surface area contributed by atoms with Crippen LogP contribution in [-0.4, -0.2) is 50.4 Å². The summed E-state index contributed by atoms with van der Waals surface area (Å²) in [6.45, 7) is 4.35. The van der Waals surface area contributed by atoms with Crippen molar-refractivity contribution in [3.05, 3.63) is 0 Å². The lowest BCUT2D eigenvalue weighted by molar-refractivity contribution is -0.153. The molecule has 1 saturated carbocycles. The van der Waals surface area contributed by atoms with Gasteiger partial charge in [0.05, 0.1) is 13.2 Å². The zero-order chi connectivity index (χ0) is 14.6. The van der Waals surface area contributed by atoms with E-state index >= 15 is 0 Å². The molecule has 1 fully saturated rings. The van der Waals surface area contributed by atoms with Gasteiger partial charge in [0, 0.05) is 13.3 Å². The minimum atomic E-state index is -2.75. The molecule has 0 radical (unpaired) electrons. The molecule has 6 nitrogen and oxygen atoms in total. The van der Waals surface area contributed by atoms with Crippen LogP contribution in [0.3, 0.4) is 0 Å². The van der Waals surface area contributed by atoms with Crippen LogP contribution in [0, 0.1) is 0 Å². The summed E-state index contributed by atoms with van der Waals surface area (Å²) in [6.07, 6.45) is 1.46. The third-order valence-corrected chi connectivity index (χ3v) is 4.42. The van der Waals surface area contributed by atoms with Crippen molar-refractivity contribution in [1.29, 1.82) is 0 Å². The zero-order valence-electron chi connectivity index (χ0n) is 11.8. The number of esters is 2. The lowest BCUT2D eigenvalue weighted by Gasteiger charge is -2.23. The second-order valence-corrected chi connectivity index (χ2v) is 8.45. The molecular weight excluding hydrogens is 271 g/mol. The SMILES string of the molecule is COC(=O)C(O[C@H]1CC[C@@H](OC(C)=O)C1)P(C)(C)=O. The monoisotopic (exact) mass is 292 g/mol. The quantitative estimate of drug-likeness (QED) is 0.566. The van der Waals surface area contributed by atoms with Crippen LogP contribution in [0.15, 0.2) is 0 Å². The molecule has 19 heavy (non-hydrogen) atoms. The average molecular weight is 292 g/mol. The molecule has 3 atom stereocenters. The van der Waals surface area contributed by atoms with Crippen molar-refractivity contribution in [2.45, 2.75) is 44.2 Å². The van der Waals surface area contributed by atoms with Crippen molar-refractivity contribution in [3.63, 3.8) is 0 Å². The third-order valence-electron chi connectivity index (χ3n) is 2.96. The number of hydrogen-bond donors (Lipinski definition) is 0. The first-order valence-corrected chi connectivity index (χ1v) is 8.86. The summed E-state index contributed by atoms with van der Waals surface area (Å²) < 4.78 is 27.4. The van der Waals surface area contributed by atoms with E-state index in [-0.39, 0.29) is 18.2 Å². The summed E-state index contributed by atoms with van der Waals surface area (Å²) in [6, 6.07) is 0. The third kappa shape index (κ3) is 4.96. The fourth-order valence-corrected chi connectivity index (χ4v) is 3.18. The maximum Gasteiger partial charge on any atom is 0.342 e. The topological polar surface area (TPSA) is 78.9 Å². The van der Waals surface area contributed by atoms with E-state index in [1.54, 1.807) is 0 Å². The van der Waals surface area contributed by atoms with Crippen LogP contribution < -0.4 is 0 Å². The summed E-state index contributed by atoms with van der Waals surface area (Å²) in [5.41, 5.74) is 0. The predicted molar refractivity (Wildman–Crippen MR) is 69.5 cm³/mol. The molecule has 0 aromatic heterocycles. The summed E-state index contributed by atoms with van der Waals surface area (Å²) in [5, 5.41) is 0. The van der Waals surface area contributed by atoms with Crippen LogP contribution in [0.2, 0.25) is 0 Å². The minimum Gasteiger partial charge on any atom is -0.467 e. The van der Waals surface area contributed by atoms with Gasteiger partial charge in [0.15, 0.2) is 0 Å². The van der Waals surface area contributed by atoms with Crippen molar-refractivity contribution in [1.82, 2.24) is 0 Å². The largest absolute Gasteiger partial charge is 0.467 e. The van der Waals surface area contributed by atoms with E-state index in [1.165, 1.54) is 27.4 Å². The molecule has 0 amide bonds. The van der Waals surface area contributed by atoms with Gasteiger partial charge in [0.25, 0.3) is 0 Å². The number of ether oxygens (including phenoxy) is 3. The van der Waals surface area contributed by atoms with Gasteiger partial charge in [-0.3, -0.25) is 4.79 Å². The molecular formula is C12H21O6P. The van der Waals surface area contributed by atoms with Crippen LogP contribution in [-0.2, 0) is 28.4 Å². The Labute approximate surface area is 113 Å². The first kappa shape index (κ1) is 16.2. The van der Waals surface area contributed by atoms with Crippen LogP contribution in [0.4, 0.5) is 0 Å². The average Bonchev–Trinajstić information content (AvgIpc) is 2.70. The van der Waals surface area contributed by atoms with E-state index in [1.807, 2.05) is 0 Å². The molecule has 1 unspecified atom stereocenters. The molecule has 0 N–H and O–H groups in total. The minimum absolute atomic E-state index is 0.186. The van der Waals surface area contributed by atoms with E-state index in [9.17, 15) is 14.2 Å². The van der Waals surface area contributed by atoms with Gasteiger partial charge < -0.3 is 18.8 Å². The van der Waals surface area contributed by atoms with Gasteiger partial charge in [-0.25, -0.2) is 4.79 Å². The van der Waals surface area contributed by atoms with Crippen LogP contribution in [0.25, 0.3) is 0 Å². The summed E-state index contributed by atoms with van der Waals surface area (Å²) >= 11 is 0. The molecule has 0 aromatic carbocycles. The molecule has 0 saturated heterocycles. The second-order valence-electron chi connectivity index (χ2n) is 5.11. The molecule has 0 bridgehead atoms. The Hall–Kier alpha value is -0.870. The molecule has 7 heteroatoms. The highest BCUT2D eigenvalue weighted by molar-refractivity contribution is 7.63. The lowest BCUT2D eigenvalue weighted by atomic mass is 10.3. The van der Waals surface area contributed by atoms with Crippen LogP contribution >= 0.6 is 7.14 Å². The van der Waals surface area contributed by atoms with Gasteiger partial charge in [-0.2, -0.15) is 0 Å². The van der Waals surface area contributed by atoms with Crippen molar-refractivity contribution in [2.75, 3.05) is 20.4 Å². The van der Waals surface area contributed by atoms with E-state index in [4.69, 9.17) is 9.47 Å². The van der Waals surface area contributed by atoms with Gasteiger partial charge in [0.1, 0.15) is 13.2 Å². The molecule has 0 heterocycles. The van der Waals surface area contributed by atoms with Gasteiger partial charge in [-0.1, -0.05) is 0 Å². The van der Waals surface area contributed by atoms with Gasteiger partial charge in [0.2, 0.25) is 5.85 Å². The summed E-state index contributed by atoms with van der Waals surface area (Å²) in [5.74, 6) is -1.99. The van der Waals surface area contributed by atoms with Crippen LogP contribution in [0.1, 0.15) is 26.2 Å². The Morgan fingerprint density at radius 2 is 1.79 bits per heavy atom. The highest BCUT2D eigenvalue weighted by Crippen LogP contribution is 2.45. The Morgan fingerprint density at radius 1 is 1.21 bits per heavy atom. The predicted octanol–water partition coefficient (Wildman–Crippen LogP) is 1.61. The fourth-order valence-electron chi connectivity index (χ4n) is 2.11. The molecule has 1 rings (SSSR count). The highest BCUT2D eigenvalue weighted by Gasteiger charge is 2.37. The van der Waals surface area contributed by atoms with E-state index in [0.29, 0.717) is 19.3 Å². The number of rotatable bonds is 5. The maximum absolute atomic E-state index is 12.1. The van der Waals surface area contributed by atoms with Crippen LogP contribution in [0.5, 0.6) is 0 Å². The normalized spacial score (nSPS) is 24.8. The number of carbonyl (C=O) groups is 2. The van der Waals surface area contributed by atoms with Gasteiger partial charge in [-0.05, 0) is 26.2 Å². The number of hydrogen-bond acceptors (Lipinski definition) is 6. The molecule has 0 spiro atoms. The molecule has 110 valence electrons. The first-order chi connectivity index (χ1) is 8.74. The maximum atomic E-state index is 12.1. The Kier molecular flexibility index (Phi) is 5.56. The number of methoxy groups -OCH3 is 1. The van der Waals surface area contributed by atoms with E-state index < -0.39 is 19.0 Å². The Bertz CT molecular complexity index is 388. The molecule has 1 aliphatic rings. The molecule has 1 aliphatic carbocycles. The molecule has 0 aliphatic heterocycles. The zero-order valence-corrected chi connectivity index (χ0v) is 12.6. The Morgan fingerprint density at radius 3 is 2.26 bits per heavy atom. The van der Waals surface area contributed by atoms with Gasteiger partial charge >= 0.3 is 11.9 Å². The summed E-state index contributed by atoms with van der Waals surface area (Å²) in [4.78, 5) is 22.5. The van der Waals surface area contributed by atoms with Crippen molar-refractivity contribution in [3.8, 4) is 0 Å². The molecule has 0 aromatic rings. The fraction of sp³-hybridized carbons (Fsp3) is 0.833. The lowest BCUT2D eigenvalue weighted by Crippen LogP contribution is -2.29. The summed E-state index contributed by atoms with van der Waals surface area (Å²) in [7, 11) is -1.51. The van der Waals surface area contributed by atoms with Gasteiger partial charge in [-0.15, -0.1) is 0 Å². The highest BCUT2D eigenvalue weighted by atomic mass is 31.2. The van der Waals surface area contributed by atoms with E-state index in [0.717, 1.165) is 0 Å². The van der Waals surface area contributed by atoms with Crippen molar-refractivity contribution >= 4 is 19.1 Å². The standard InChI is InChI=1S/C12H21O6P/c1-8(13)17-9-5-6-10(7-9)18-12(11(14)16-2)19(3,4)15/h9-10,12H,5-7H2,1-4H3/t9-,10+,12?/m1/s1. The number of carbonyl (C=O) groups excluding carboxylic acids is 2. The van der Waals surface area contributed by atoms with E-state index in [2.05, 4.69) is 4.74 Å². The van der Waals surface area contributed by atoms with Crippen molar-refractivity contribution < 1.29 is 28.4 Å².